The van der Waals surface area contributed by atoms with Gasteiger partial charge in [0.05, 0.1) is 0 Å². The molecule has 0 radical (unpaired) electrons. The molecule has 10 heteroatoms. The van der Waals surface area contributed by atoms with Gasteiger partial charge in [-0.3, -0.25) is 9.39 Å². The molecule has 0 aliphatic carbocycles. The molecular formula is C19H23F2IN6O. The summed E-state index contributed by atoms with van der Waals surface area (Å²) in [5.41, 5.74) is 2.39. The minimum absolute atomic E-state index is 0. The summed E-state index contributed by atoms with van der Waals surface area (Å²) in [7, 11) is 1.65. The van der Waals surface area contributed by atoms with E-state index >= 15 is 0 Å². The summed E-state index contributed by atoms with van der Waals surface area (Å²) in [6.45, 7) is -0.0798. The van der Waals surface area contributed by atoms with Crippen LogP contribution in [0.2, 0.25) is 0 Å². The van der Waals surface area contributed by atoms with Gasteiger partial charge in [-0.15, -0.1) is 34.2 Å². The lowest BCUT2D eigenvalue weighted by Crippen LogP contribution is -2.38. The van der Waals surface area contributed by atoms with Crippen molar-refractivity contribution in [3.05, 3.63) is 59.5 Å². The van der Waals surface area contributed by atoms with Crippen molar-refractivity contribution >= 4 is 35.6 Å². The van der Waals surface area contributed by atoms with Gasteiger partial charge in [-0.05, 0) is 25.1 Å². The Morgan fingerprint density at radius 1 is 1.21 bits per heavy atom. The smallest absolute Gasteiger partial charge is 0.387 e. The number of aliphatic imine (C=N–C) groups is 1. The Labute approximate surface area is 184 Å². The number of hydrogen-bond acceptors (Lipinski definition) is 4. The second-order valence-corrected chi connectivity index (χ2v) is 6.14. The predicted octanol–water partition coefficient (Wildman–Crippen LogP) is 3.16. The number of ether oxygens (including phenoxy) is 1. The highest BCUT2D eigenvalue weighted by atomic mass is 127. The van der Waals surface area contributed by atoms with E-state index in [9.17, 15) is 8.78 Å². The van der Waals surface area contributed by atoms with Crippen molar-refractivity contribution in [3.63, 3.8) is 0 Å². The molecule has 2 aromatic heterocycles. The third kappa shape index (κ3) is 6.24. The van der Waals surface area contributed by atoms with Crippen molar-refractivity contribution in [2.75, 3.05) is 13.6 Å². The van der Waals surface area contributed by atoms with Gasteiger partial charge in [-0.2, -0.15) is 8.78 Å². The summed E-state index contributed by atoms with van der Waals surface area (Å²) in [4.78, 5) is 4.16. The zero-order valence-electron chi connectivity index (χ0n) is 16.1. The van der Waals surface area contributed by atoms with E-state index < -0.39 is 6.61 Å². The van der Waals surface area contributed by atoms with Crippen molar-refractivity contribution in [3.8, 4) is 5.75 Å². The summed E-state index contributed by atoms with van der Waals surface area (Å²) >= 11 is 0. The van der Waals surface area contributed by atoms with Crippen LogP contribution >= 0.6 is 24.0 Å². The van der Waals surface area contributed by atoms with E-state index in [4.69, 9.17) is 0 Å². The van der Waals surface area contributed by atoms with Crippen molar-refractivity contribution < 1.29 is 13.5 Å². The number of alkyl halides is 2. The average molecular weight is 516 g/mol. The molecule has 3 aromatic rings. The summed E-state index contributed by atoms with van der Waals surface area (Å²) in [5.74, 6) is 1.54. The number of hydrogen-bond donors (Lipinski definition) is 2. The first-order valence-corrected chi connectivity index (χ1v) is 8.84. The lowest BCUT2D eigenvalue weighted by Gasteiger charge is -2.15. The van der Waals surface area contributed by atoms with E-state index in [0.29, 0.717) is 31.0 Å². The average Bonchev–Trinajstić information content (AvgIpc) is 3.09. The van der Waals surface area contributed by atoms with Crippen LogP contribution in [0.15, 0.2) is 47.6 Å². The highest BCUT2D eigenvalue weighted by Crippen LogP contribution is 2.21. The first-order chi connectivity index (χ1) is 13.6. The highest BCUT2D eigenvalue weighted by molar-refractivity contribution is 14.0. The number of pyridine rings is 1. The molecule has 0 amide bonds. The Balaban J connectivity index is 0.00000300. The van der Waals surface area contributed by atoms with Crippen LogP contribution in [0.3, 0.4) is 0 Å². The number of guanidine groups is 1. The van der Waals surface area contributed by atoms with E-state index in [2.05, 4.69) is 30.6 Å². The van der Waals surface area contributed by atoms with E-state index in [1.165, 1.54) is 0 Å². The molecule has 0 atom stereocenters. The third-order valence-corrected chi connectivity index (χ3v) is 4.13. The van der Waals surface area contributed by atoms with Gasteiger partial charge in [0, 0.05) is 38.3 Å². The summed E-state index contributed by atoms with van der Waals surface area (Å²) in [6, 6.07) is 10.8. The van der Waals surface area contributed by atoms with E-state index in [-0.39, 0.29) is 29.7 Å². The van der Waals surface area contributed by atoms with Gasteiger partial charge in [0.2, 0.25) is 0 Å². The number of nitrogens with zero attached hydrogens (tertiary/aromatic N) is 4. The minimum atomic E-state index is -2.86. The van der Waals surface area contributed by atoms with Crippen LogP contribution in [0.25, 0.3) is 5.65 Å². The molecule has 0 fully saturated rings. The maximum absolute atomic E-state index is 12.6. The molecule has 0 bridgehead atoms. The molecule has 2 heterocycles. The number of rotatable bonds is 7. The zero-order chi connectivity index (χ0) is 19.9. The van der Waals surface area contributed by atoms with Gasteiger partial charge in [-0.25, -0.2) is 0 Å². The molecule has 0 spiro atoms. The Hall–Kier alpha value is -2.50. The van der Waals surface area contributed by atoms with Gasteiger partial charge < -0.3 is 15.4 Å². The maximum Gasteiger partial charge on any atom is 0.387 e. The highest BCUT2D eigenvalue weighted by Gasteiger charge is 2.11. The fourth-order valence-corrected chi connectivity index (χ4v) is 2.81. The van der Waals surface area contributed by atoms with E-state index in [1.54, 1.807) is 25.2 Å². The molecule has 7 nitrogen and oxygen atoms in total. The number of halogens is 3. The predicted molar refractivity (Wildman–Crippen MR) is 118 cm³/mol. The minimum Gasteiger partial charge on any atom is -0.434 e. The molecule has 0 saturated carbocycles. The molecule has 3 rings (SSSR count). The van der Waals surface area contributed by atoms with Crippen molar-refractivity contribution in [1.82, 2.24) is 25.2 Å². The molecule has 0 aliphatic heterocycles. The Bertz CT molecular complexity index is 963. The number of nitrogens with one attached hydrogen (secondary N) is 2. The molecule has 0 unspecified atom stereocenters. The molecule has 0 aliphatic rings. The summed E-state index contributed by atoms with van der Waals surface area (Å²) < 4.78 is 31.7. The van der Waals surface area contributed by atoms with Crippen LogP contribution in [0, 0.1) is 6.92 Å². The zero-order valence-corrected chi connectivity index (χ0v) is 18.4. The Morgan fingerprint density at radius 3 is 2.79 bits per heavy atom. The van der Waals surface area contributed by atoms with Crippen molar-refractivity contribution in [1.29, 1.82) is 0 Å². The lowest BCUT2D eigenvalue weighted by molar-refractivity contribution is -0.0504. The largest absolute Gasteiger partial charge is 0.434 e. The van der Waals surface area contributed by atoms with Gasteiger partial charge in [0.1, 0.15) is 11.6 Å². The quantitative estimate of drug-likeness (QED) is 0.287. The van der Waals surface area contributed by atoms with Gasteiger partial charge in [-0.1, -0.05) is 23.8 Å². The van der Waals surface area contributed by atoms with Gasteiger partial charge in [0.15, 0.2) is 11.6 Å². The fraction of sp³-hybridized carbons (Fsp3) is 0.316. The van der Waals surface area contributed by atoms with Crippen LogP contribution in [-0.2, 0) is 13.0 Å². The SMILES string of the molecule is CN=C(NCCc1nnc2ccccn12)NCc1cc(C)ccc1OC(F)F.I. The lowest BCUT2D eigenvalue weighted by atomic mass is 10.1. The molecular weight excluding hydrogens is 493 g/mol. The van der Waals surface area contributed by atoms with Crippen LogP contribution in [0.4, 0.5) is 8.78 Å². The fourth-order valence-electron chi connectivity index (χ4n) is 2.81. The summed E-state index contributed by atoms with van der Waals surface area (Å²) in [5, 5.41) is 14.6. The van der Waals surface area contributed by atoms with E-state index in [0.717, 1.165) is 17.0 Å². The number of benzene rings is 1. The van der Waals surface area contributed by atoms with Crippen LogP contribution in [0.5, 0.6) is 5.75 Å². The van der Waals surface area contributed by atoms with Crippen LogP contribution in [0.1, 0.15) is 17.0 Å². The molecule has 0 saturated heterocycles. The van der Waals surface area contributed by atoms with Crippen LogP contribution in [-0.4, -0.2) is 40.8 Å². The first-order valence-electron chi connectivity index (χ1n) is 8.84. The van der Waals surface area contributed by atoms with Gasteiger partial charge >= 0.3 is 6.61 Å². The monoisotopic (exact) mass is 516 g/mol. The molecule has 2 N–H and O–H groups in total. The second-order valence-electron chi connectivity index (χ2n) is 6.14. The van der Waals surface area contributed by atoms with Crippen LogP contribution < -0.4 is 15.4 Å². The Morgan fingerprint density at radius 2 is 2.03 bits per heavy atom. The Kier molecular flexibility index (Phi) is 8.55. The third-order valence-electron chi connectivity index (χ3n) is 4.13. The first kappa shape index (κ1) is 22.8. The maximum atomic E-state index is 12.6. The molecule has 156 valence electrons. The topological polar surface area (TPSA) is 75.8 Å². The summed E-state index contributed by atoms with van der Waals surface area (Å²) in [6.07, 6.45) is 2.57. The standard InChI is InChI=1S/C19H22F2N6O.HI/c1-13-6-7-15(28-18(20)21)14(11-13)12-24-19(22-2)23-9-8-17-26-25-16-5-3-4-10-27(16)17;/h3-7,10-11,18H,8-9,12H2,1-2H3,(H2,22,23,24);1H. The number of aromatic nitrogens is 3. The molecule has 1 aromatic carbocycles. The number of aryl methyl sites for hydroxylation is 1. The number of fused-ring (bicyclic) bond motifs is 1. The second kappa shape index (κ2) is 10.9. The normalized spacial score (nSPS) is 11.4. The van der Waals surface area contributed by atoms with Gasteiger partial charge in [0.25, 0.3) is 0 Å². The molecule has 29 heavy (non-hydrogen) atoms. The van der Waals surface area contributed by atoms with Crippen molar-refractivity contribution in [2.24, 2.45) is 4.99 Å². The van der Waals surface area contributed by atoms with Crippen molar-refractivity contribution in [2.45, 2.75) is 26.5 Å². The van der Waals surface area contributed by atoms with E-state index in [1.807, 2.05) is 35.7 Å².